The van der Waals surface area contributed by atoms with E-state index in [4.69, 9.17) is 16.0 Å². The molecule has 0 unspecified atom stereocenters. The Bertz CT molecular complexity index is 872. The minimum Gasteiger partial charge on any atom is -0.444 e. The largest absolute Gasteiger partial charge is 0.444 e. The van der Waals surface area contributed by atoms with Crippen molar-refractivity contribution in [3.05, 3.63) is 70.8 Å². The Balaban J connectivity index is 1.54. The predicted molar refractivity (Wildman–Crippen MR) is 103 cm³/mol. The van der Waals surface area contributed by atoms with Crippen LogP contribution >= 0.6 is 11.6 Å². The Morgan fingerprint density at radius 3 is 2.58 bits per heavy atom. The van der Waals surface area contributed by atoms with Gasteiger partial charge in [-0.2, -0.15) is 0 Å². The van der Waals surface area contributed by atoms with E-state index in [0.29, 0.717) is 30.1 Å². The molecule has 0 aliphatic heterocycles. The Kier molecular flexibility index (Phi) is 5.86. The summed E-state index contributed by atoms with van der Waals surface area (Å²) in [5, 5.41) is 6.91. The van der Waals surface area contributed by atoms with Gasteiger partial charge in [0.15, 0.2) is 5.96 Å². The second-order valence-electron chi connectivity index (χ2n) is 5.78. The molecule has 0 atom stereocenters. The van der Waals surface area contributed by atoms with Gasteiger partial charge in [0.05, 0.1) is 12.2 Å². The summed E-state index contributed by atoms with van der Waals surface area (Å²) in [4.78, 5) is 12.8. The van der Waals surface area contributed by atoms with Crippen molar-refractivity contribution < 1.29 is 4.42 Å². The molecule has 0 radical (unpaired) electrons. The molecule has 2 heterocycles. The van der Waals surface area contributed by atoms with E-state index >= 15 is 0 Å². The highest BCUT2D eigenvalue weighted by Crippen LogP contribution is 2.18. The maximum atomic E-state index is 5.79. The minimum atomic E-state index is 0.478. The topological polar surface area (TPSA) is 75.3 Å². The van der Waals surface area contributed by atoms with Gasteiger partial charge in [0.2, 0.25) is 5.89 Å². The summed E-state index contributed by atoms with van der Waals surface area (Å²) in [6.07, 6.45) is 3.38. The van der Waals surface area contributed by atoms with Gasteiger partial charge < -0.3 is 15.1 Å². The Hall–Kier alpha value is -2.86. The van der Waals surface area contributed by atoms with E-state index < -0.39 is 0 Å². The molecule has 0 aliphatic carbocycles. The van der Waals surface area contributed by atoms with Crippen LogP contribution in [-0.2, 0) is 13.1 Å². The van der Waals surface area contributed by atoms with Crippen LogP contribution < -0.4 is 10.6 Å². The van der Waals surface area contributed by atoms with Gasteiger partial charge in [0.1, 0.15) is 11.4 Å². The number of benzene rings is 1. The summed E-state index contributed by atoms with van der Waals surface area (Å²) >= 11 is 5.79. The van der Waals surface area contributed by atoms with E-state index in [1.807, 2.05) is 37.3 Å². The number of nitrogens with one attached hydrogen (secondary N) is 2. The van der Waals surface area contributed by atoms with Crippen molar-refractivity contribution in [2.45, 2.75) is 20.0 Å². The van der Waals surface area contributed by atoms with E-state index in [1.54, 1.807) is 25.6 Å². The molecule has 0 fully saturated rings. The SMILES string of the molecule is CN=C(NCc1ccc(Cl)nc1)NCc1coc(-c2ccc(C)cc2)n1. The predicted octanol–water partition coefficient (Wildman–Crippen LogP) is 3.56. The minimum absolute atomic E-state index is 0.478. The highest BCUT2D eigenvalue weighted by atomic mass is 35.5. The second-order valence-corrected chi connectivity index (χ2v) is 6.17. The highest BCUT2D eigenvalue weighted by Gasteiger charge is 2.07. The van der Waals surface area contributed by atoms with Crippen LogP contribution in [0.2, 0.25) is 5.15 Å². The average Bonchev–Trinajstić information content (AvgIpc) is 3.13. The average molecular weight is 370 g/mol. The summed E-state index contributed by atoms with van der Waals surface area (Å²) in [6.45, 7) is 3.15. The first-order valence-electron chi connectivity index (χ1n) is 8.20. The van der Waals surface area contributed by atoms with Crippen LogP contribution in [-0.4, -0.2) is 23.0 Å². The molecule has 0 saturated heterocycles. The van der Waals surface area contributed by atoms with Crippen LogP contribution in [0.3, 0.4) is 0 Å². The van der Waals surface area contributed by atoms with E-state index in [1.165, 1.54) is 5.56 Å². The molecule has 2 aromatic heterocycles. The molecule has 7 heteroatoms. The zero-order valence-electron chi connectivity index (χ0n) is 14.7. The fourth-order valence-electron chi connectivity index (χ4n) is 2.31. The smallest absolute Gasteiger partial charge is 0.226 e. The molecule has 0 spiro atoms. The number of aryl methyl sites for hydroxylation is 1. The molecule has 134 valence electrons. The molecule has 0 saturated carbocycles. The third-order valence-electron chi connectivity index (χ3n) is 3.76. The Labute approximate surface area is 157 Å². The lowest BCUT2D eigenvalue weighted by Gasteiger charge is -2.10. The zero-order chi connectivity index (χ0) is 18.4. The van der Waals surface area contributed by atoms with E-state index in [0.717, 1.165) is 16.8 Å². The van der Waals surface area contributed by atoms with Crippen molar-refractivity contribution in [1.82, 2.24) is 20.6 Å². The molecule has 0 aliphatic rings. The van der Waals surface area contributed by atoms with E-state index in [9.17, 15) is 0 Å². The first-order valence-corrected chi connectivity index (χ1v) is 8.58. The summed E-state index contributed by atoms with van der Waals surface area (Å²) in [7, 11) is 1.72. The van der Waals surface area contributed by atoms with Gasteiger partial charge in [-0.15, -0.1) is 0 Å². The number of aromatic nitrogens is 2. The number of hydrogen-bond acceptors (Lipinski definition) is 4. The Morgan fingerprint density at radius 2 is 1.88 bits per heavy atom. The monoisotopic (exact) mass is 369 g/mol. The van der Waals surface area contributed by atoms with Gasteiger partial charge in [-0.3, -0.25) is 4.99 Å². The van der Waals surface area contributed by atoms with Gasteiger partial charge in [-0.05, 0) is 30.7 Å². The molecule has 26 heavy (non-hydrogen) atoms. The summed E-state index contributed by atoms with van der Waals surface area (Å²) in [5.41, 5.74) is 3.98. The lowest BCUT2D eigenvalue weighted by atomic mass is 10.1. The molecule has 6 nitrogen and oxygen atoms in total. The first kappa shape index (κ1) is 17.9. The first-order chi connectivity index (χ1) is 12.6. The number of halogens is 1. The molecule has 2 N–H and O–H groups in total. The number of oxazole rings is 1. The van der Waals surface area contributed by atoms with Crippen molar-refractivity contribution in [1.29, 1.82) is 0 Å². The van der Waals surface area contributed by atoms with Crippen molar-refractivity contribution >= 4 is 17.6 Å². The quantitative estimate of drug-likeness (QED) is 0.408. The van der Waals surface area contributed by atoms with E-state index in [-0.39, 0.29) is 0 Å². The number of aliphatic imine (C=N–C) groups is 1. The molecule has 0 bridgehead atoms. The number of nitrogens with zero attached hydrogens (tertiary/aromatic N) is 3. The number of guanidine groups is 1. The summed E-state index contributed by atoms with van der Waals surface area (Å²) in [5.74, 6) is 1.27. The van der Waals surface area contributed by atoms with Crippen LogP contribution in [0.15, 0.2) is 58.3 Å². The van der Waals surface area contributed by atoms with Gasteiger partial charge in [0, 0.05) is 25.4 Å². The van der Waals surface area contributed by atoms with Crippen LogP contribution in [0.5, 0.6) is 0 Å². The third kappa shape index (κ3) is 4.83. The summed E-state index contributed by atoms with van der Waals surface area (Å²) < 4.78 is 5.56. The molecule has 0 amide bonds. The zero-order valence-corrected chi connectivity index (χ0v) is 15.4. The van der Waals surface area contributed by atoms with Gasteiger partial charge in [0.25, 0.3) is 0 Å². The van der Waals surface area contributed by atoms with Crippen molar-refractivity contribution in [2.24, 2.45) is 4.99 Å². The van der Waals surface area contributed by atoms with Crippen LogP contribution in [0.1, 0.15) is 16.8 Å². The lowest BCUT2D eigenvalue weighted by Crippen LogP contribution is -2.36. The Morgan fingerprint density at radius 1 is 1.12 bits per heavy atom. The highest BCUT2D eigenvalue weighted by molar-refractivity contribution is 6.29. The fraction of sp³-hybridized carbons (Fsp3) is 0.211. The number of hydrogen-bond donors (Lipinski definition) is 2. The molecule has 3 aromatic rings. The van der Waals surface area contributed by atoms with Crippen LogP contribution in [0.25, 0.3) is 11.5 Å². The lowest BCUT2D eigenvalue weighted by molar-refractivity contribution is 0.572. The number of rotatable bonds is 5. The van der Waals surface area contributed by atoms with Crippen molar-refractivity contribution in [2.75, 3.05) is 7.05 Å². The van der Waals surface area contributed by atoms with Gasteiger partial charge >= 0.3 is 0 Å². The van der Waals surface area contributed by atoms with E-state index in [2.05, 4.69) is 25.6 Å². The maximum Gasteiger partial charge on any atom is 0.226 e. The molecule has 3 rings (SSSR count). The molecular formula is C19H20ClN5O. The standard InChI is InChI=1S/C19H20ClN5O/c1-13-3-6-15(7-4-13)18-25-16(12-26-18)11-24-19(21-2)23-10-14-5-8-17(20)22-9-14/h3-9,12H,10-11H2,1-2H3,(H2,21,23,24). The van der Waals surface area contributed by atoms with Gasteiger partial charge in [-0.1, -0.05) is 35.4 Å². The molecular weight excluding hydrogens is 350 g/mol. The molecule has 1 aromatic carbocycles. The summed E-state index contributed by atoms with van der Waals surface area (Å²) in [6, 6.07) is 11.7. The number of pyridine rings is 1. The van der Waals surface area contributed by atoms with Crippen LogP contribution in [0, 0.1) is 6.92 Å². The fourth-order valence-corrected chi connectivity index (χ4v) is 2.42. The van der Waals surface area contributed by atoms with Crippen molar-refractivity contribution in [3.63, 3.8) is 0 Å². The van der Waals surface area contributed by atoms with Crippen LogP contribution in [0.4, 0.5) is 0 Å². The van der Waals surface area contributed by atoms with Gasteiger partial charge in [-0.25, -0.2) is 9.97 Å². The third-order valence-corrected chi connectivity index (χ3v) is 3.98. The normalized spacial score (nSPS) is 11.4. The second kappa shape index (κ2) is 8.49. The maximum absolute atomic E-state index is 5.79. The van der Waals surface area contributed by atoms with Crippen molar-refractivity contribution in [3.8, 4) is 11.5 Å².